The molecule has 118 valence electrons. The minimum absolute atomic E-state index is 0.648. The predicted octanol–water partition coefficient (Wildman–Crippen LogP) is 2.93. The van der Waals surface area contributed by atoms with Gasteiger partial charge in [-0.2, -0.15) is 0 Å². The summed E-state index contributed by atoms with van der Waals surface area (Å²) in [7, 11) is 0. The maximum absolute atomic E-state index is 5.85. The second kappa shape index (κ2) is 7.20. The smallest absolute Gasteiger partial charge is 0.180 e. The minimum Gasteiger partial charge on any atom is -0.375 e. The van der Waals surface area contributed by atoms with Gasteiger partial charge in [0.1, 0.15) is 0 Å². The molecule has 22 heavy (non-hydrogen) atoms. The molecular formula is C17H24N4S. The fraction of sp³-hybridized carbons (Fsp3) is 0.529. The predicted molar refractivity (Wildman–Crippen MR) is 92.1 cm³/mol. The Labute approximate surface area is 136 Å². The molecule has 0 radical (unpaired) electrons. The van der Waals surface area contributed by atoms with E-state index in [9.17, 15) is 0 Å². The van der Waals surface area contributed by atoms with E-state index in [2.05, 4.69) is 33.9 Å². The number of thiazole rings is 1. The average Bonchev–Trinajstić information content (AvgIpc) is 2.91. The molecule has 0 aromatic carbocycles. The molecular weight excluding hydrogens is 292 g/mol. The highest BCUT2D eigenvalue weighted by molar-refractivity contribution is 7.15. The molecule has 2 aromatic rings. The van der Waals surface area contributed by atoms with Crippen molar-refractivity contribution in [3.63, 3.8) is 0 Å². The number of nitrogen functional groups attached to an aromatic ring is 1. The molecule has 1 aliphatic rings. The molecule has 0 bridgehead atoms. The van der Waals surface area contributed by atoms with Crippen molar-refractivity contribution >= 4 is 16.5 Å². The molecule has 0 aliphatic heterocycles. The second-order valence-corrected chi connectivity index (χ2v) is 7.02. The fourth-order valence-corrected chi connectivity index (χ4v) is 4.27. The van der Waals surface area contributed by atoms with E-state index in [-0.39, 0.29) is 0 Å². The third-order valence-corrected chi connectivity index (χ3v) is 5.46. The summed E-state index contributed by atoms with van der Waals surface area (Å²) in [5, 5.41) is 0.728. The van der Waals surface area contributed by atoms with E-state index in [4.69, 9.17) is 5.73 Å². The lowest BCUT2D eigenvalue weighted by atomic mass is 9.96. The Morgan fingerprint density at radius 3 is 2.95 bits per heavy atom. The lowest BCUT2D eigenvalue weighted by Crippen LogP contribution is -2.39. The molecule has 1 aliphatic carbocycles. The van der Waals surface area contributed by atoms with Crippen LogP contribution in [0, 0.1) is 0 Å². The quantitative estimate of drug-likeness (QED) is 0.890. The number of aromatic nitrogens is 2. The lowest BCUT2D eigenvalue weighted by molar-refractivity contribution is 0.187. The van der Waals surface area contributed by atoms with Gasteiger partial charge >= 0.3 is 0 Å². The Hall–Kier alpha value is -1.46. The fourth-order valence-electron chi connectivity index (χ4n) is 3.32. The van der Waals surface area contributed by atoms with Crippen LogP contribution in [0.5, 0.6) is 0 Å². The molecule has 0 spiro atoms. The molecule has 4 nitrogen and oxygen atoms in total. The summed E-state index contributed by atoms with van der Waals surface area (Å²) in [6.45, 7) is 4.54. The van der Waals surface area contributed by atoms with Crippen LogP contribution in [0.15, 0.2) is 24.5 Å². The molecule has 0 saturated heterocycles. The van der Waals surface area contributed by atoms with Gasteiger partial charge in [0.2, 0.25) is 0 Å². The number of anilines is 1. The van der Waals surface area contributed by atoms with E-state index in [1.54, 1.807) is 11.3 Å². The highest BCUT2D eigenvalue weighted by atomic mass is 32.1. The number of hydrogen-bond acceptors (Lipinski definition) is 5. The Kier molecular flexibility index (Phi) is 5.05. The highest BCUT2D eigenvalue weighted by Gasteiger charge is 2.25. The molecule has 2 N–H and O–H groups in total. The van der Waals surface area contributed by atoms with E-state index < -0.39 is 0 Å². The molecule has 0 amide bonds. The zero-order valence-corrected chi connectivity index (χ0v) is 14.0. The number of pyridine rings is 1. The summed E-state index contributed by atoms with van der Waals surface area (Å²) in [4.78, 5) is 12.5. The standard InChI is InChI=1S/C17H24N4S/c1-2-21(11-3-4-13-7-9-19-10-8-13)14-5-6-15-16(12-14)22-17(18)20-15/h7-10,14H,2-6,11-12H2,1H3,(H2,18,20). The Bertz CT molecular complexity index is 596. The van der Waals surface area contributed by atoms with Crippen LogP contribution in [0.4, 0.5) is 5.13 Å². The van der Waals surface area contributed by atoms with Crippen molar-refractivity contribution < 1.29 is 0 Å². The first kappa shape index (κ1) is 15.4. The van der Waals surface area contributed by atoms with Gasteiger partial charge in [-0.15, -0.1) is 11.3 Å². The first-order valence-corrected chi connectivity index (χ1v) is 8.95. The third kappa shape index (κ3) is 3.65. The normalized spacial score (nSPS) is 17.6. The van der Waals surface area contributed by atoms with Crippen molar-refractivity contribution in [2.24, 2.45) is 0 Å². The second-order valence-electron chi connectivity index (χ2n) is 5.91. The van der Waals surface area contributed by atoms with Gasteiger partial charge in [-0.25, -0.2) is 4.98 Å². The Morgan fingerprint density at radius 2 is 2.18 bits per heavy atom. The van der Waals surface area contributed by atoms with Crippen LogP contribution in [0.1, 0.15) is 35.9 Å². The average molecular weight is 316 g/mol. The van der Waals surface area contributed by atoms with Crippen LogP contribution in [-0.4, -0.2) is 34.0 Å². The number of likely N-dealkylation sites (N-methyl/N-ethyl adjacent to an activating group) is 1. The summed E-state index contributed by atoms with van der Waals surface area (Å²) >= 11 is 1.68. The van der Waals surface area contributed by atoms with Crippen molar-refractivity contribution in [1.82, 2.24) is 14.9 Å². The molecule has 3 rings (SSSR count). The summed E-state index contributed by atoms with van der Waals surface area (Å²) in [5.41, 5.74) is 8.47. The number of hydrogen-bond donors (Lipinski definition) is 1. The number of nitrogens with zero attached hydrogens (tertiary/aromatic N) is 3. The number of aryl methyl sites for hydroxylation is 2. The van der Waals surface area contributed by atoms with Crippen molar-refractivity contribution in [2.75, 3.05) is 18.8 Å². The van der Waals surface area contributed by atoms with Gasteiger partial charge in [-0.1, -0.05) is 6.92 Å². The van der Waals surface area contributed by atoms with Crippen LogP contribution in [0.3, 0.4) is 0 Å². The Balaban J connectivity index is 1.53. The van der Waals surface area contributed by atoms with E-state index >= 15 is 0 Å². The highest BCUT2D eigenvalue weighted by Crippen LogP contribution is 2.30. The van der Waals surface area contributed by atoms with Gasteiger partial charge in [0, 0.05) is 23.3 Å². The maximum Gasteiger partial charge on any atom is 0.180 e. The minimum atomic E-state index is 0.648. The summed E-state index contributed by atoms with van der Waals surface area (Å²) in [6, 6.07) is 4.88. The largest absolute Gasteiger partial charge is 0.375 e. The Morgan fingerprint density at radius 1 is 1.36 bits per heavy atom. The number of fused-ring (bicyclic) bond motifs is 1. The summed E-state index contributed by atoms with van der Waals surface area (Å²) in [5.74, 6) is 0. The van der Waals surface area contributed by atoms with Gasteiger partial charge in [-0.05, 0) is 62.9 Å². The van der Waals surface area contributed by atoms with Gasteiger partial charge in [0.25, 0.3) is 0 Å². The van der Waals surface area contributed by atoms with Gasteiger partial charge in [0.15, 0.2) is 5.13 Å². The zero-order chi connectivity index (χ0) is 15.4. The van der Waals surface area contributed by atoms with Crippen LogP contribution in [0.25, 0.3) is 0 Å². The topological polar surface area (TPSA) is 55.0 Å². The SMILES string of the molecule is CCN(CCCc1ccncc1)C1CCc2nc(N)sc2C1. The van der Waals surface area contributed by atoms with E-state index in [0.29, 0.717) is 6.04 Å². The van der Waals surface area contributed by atoms with Crippen LogP contribution >= 0.6 is 11.3 Å². The van der Waals surface area contributed by atoms with Crippen LogP contribution in [0.2, 0.25) is 0 Å². The first-order chi connectivity index (χ1) is 10.8. The third-order valence-electron chi connectivity index (χ3n) is 4.51. The van der Waals surface area contributed by atoms with E-state index in [1.165, 1.54) is 29.0 Å². The van der Waals surface area contributed by atoms with Gasteiger partial charge < -0.3 is 10.6 Å². The molecule has 5 heteroatoms. The van der Waals surface area contributed by atoms with Crippen LogP contribution < -0.4 is 5.73 Å². The van der Waals surface area contributed by atoms with Crippen molar-refractivity contribution in [1.29, 1.82) is 0 Å². The molecule has 2 heterocycles. The molecule has 1 unspecified atom stereocenters. The maximum atomic E-state index is 5.85. The first-order valence-electron chi connectivity index (χ1n) is 8.13. The van der Waals surface area contributed by atoms with E-state index in [0.717, 1.165) is 37.5 Å². The van der Waals surface area contributed by atoms with Crippen LogP contribution in [-0.2, 0) is 19.3 Å². The molecule has 1 atom stereocenters. The molecule has 0 fully saturated rings. The molecule has 2 aromatic heterocycles. The van der Waals surface area contributed by atoms with Crippen molar-refractivity contribution in [2.45, 2.75) is 45.1 Å². The summed E-state index contributed by atoms with van der Waals surface area (Å²) in [6.07, 6.45) is 9.49. The number of rotatable bonds is 6. The van der Waals surface area contributed by atoms with Gasteiger partial charge in [-0.3, -0.25) is 4.98 Å². The summed E-state index contributed by atoms with van der Waals surface area (Å²) < 4.78 is 0. The van der Waals surface area contributed by atoms with Crippen molar-refractivity contribution in [3.05, 3.63) is 40.7 Å². The number of nitrogens with two attached hydrogens (primary N) is 1. The lowest BCUT2D eigenvalue weighted by Gasteiger charge is -2.33. The van der Waals surface area contributed by atoms with Gasteiger partial charge in [0.05, 0.1) is 5.69 Å². The monoisotopic (exact) mass is 316 g/mol. The van der Waals surface area contributed by atoms with E-state index in [1.807, 2.05) is 12.4 Å². The zero-order valence-electron chi connectivity index (χ0n) is 13.2. The van der Waals surface area contributed by atoms with Crippen molar-refractivity contribution in [3.8, 4) is 0 Å². The molecule has 0 saturated carbocycles.